The minimum absolute atomic E-state index is 0.0988. The highest BCUT2D eigenvalue weighted by Gasteiger charge is 2.44. The van der Waals surface area contributed by atoms with Gasteiger partial charge in [-0.05, 0) is 56.8 Å². The molecule has 3 aliphatic rings. The van der Waals surface area contributed by atoms with E-state index in [9.17, 15) is 13.2 Å². The molecule has 1 saturated carbocycles. The summed E-state index contributed by atoms with van der Waals surface area (Å²) in [4.78, 5) is 16.1. The molecule has 1 saturated heterocycles. The van der Waals surface area contributed by atoms with Crippen LogP contribution in [0.25, 0.3) is 0 Å². The van der Waals surface area contributed by atoms with Gasteiger partial charge in [0.05, 0.1) is 13.2 Å². The number of carbonyl (C=O) groups is 1. The molecule has 8 heteroatoms. The van der Waals surface area contributed by atoms with Crippen LogP contribution < -0.4 is 4.74 Å². The van der Waals surface area contributed by atoms with Crippen LogP contribution in [0.15, 0.2) is 29.2 Å². The molecule has 1 aromatic carbocycles. The highest BCUT2D eigenvalue weighted by atomic mass is 32.2. The Hall–Kier alpha value is -1.64. The van der Waals surface area contributed by atoms with Crippen molar-refractivity contribution in [2.45, 2.75) is 30.6 Å². The van der Waals surface area contributed by atoms with E-state index < -0.39 is 10.0 Å². The lowest BCUT2D eigenvalue weighted by Crippen LogP contribution is -2.52. The Morgan fingerprint density at radius 2 is 1.90 bits per heavy atom. The quantitative estimate of drug-likeness (QED) is 0.739. The first-order chi connectivity index (χ1) is 13.8. The van der Waals surface area contributed by atoms with E-state index in [1.54, 1.807) is 41.5 Å². The van der Waals surface area contributed by atoms with E-state index in [0.29, 0.717) is 37.9 Å². The number of para-hydroxylation sites is 1. The van der Waals surface area contributed by atoms with Crippen LogP contribution in [0.1, 0.15) is 25.7 Å². The summed E-state index contributed by atoms with van der Waals surface area (Å²) in [5.41, 5.74) is -0.215. The topological polar surface area (TPSA) is 70.2 Å². The number of ether oxygens (including phenoxy) is 1. The Morgan fingerprint density at radius 3 is 2.55 bits per heavy atom. The molecular formula is C21H31N3O4S. The normalized spacial score (nSPS) is 24.2. The second kappa shape index (κ2) is 7.89. The summed E-state index contributed by atoms with van der Waals surface area (Å²) in [7, 11) is -0.0383. The fourth-order valence-electron chi connectivity index (χ4n) is 4.23. The molecule has 2 heterocycles. The third-order valence-electron chi connectivity index (χ3n) is 6.45. The summed E-state index contributed by atoms with van der Waals surface area (Å²) in [5, 5.41) is 0. The summed E-state index contributed by atoms with van der Waals surface area (Å²) in [6, 6.07) is 6.99. The van der Waals surface area contributed by atoms with Crippen molar-refractivity contribution in [2.75, 3.05) is 53.4 Å². The summed E-state index contributed by atoms with van der Waals surface area (Å²) >= 11 is 0. The molecule has 0 N–H and O–H groups in total. The van der Waals surface area contributed by atoms with Crippen LogP contribution in [0, 0.1) is 11.3 Å². The fraction of sp³-hybridized carbons (Fsp3) is 0.667. The molecule has 0 bridgehead atoms. The summed E-state index contributed by atoms with van der Waals surface area (Å²) in [6.45, 7) is 3.58. The zero-order valence-electron chi connectivity index (χ0n) is 17.3. The van der Waals surface area contributed by atoms with Gasteiger partial charge < -0.3 is 9.64 Å². The molecule has 1 spiro atoms. The van der Waals surface area contributed by atoms with Crippen molar-refractivity contribution in [3.05, 3.63) is 24.3 Å². The third-order valence-corrected chi connectivity index (χ3v) is 8.30. The first kappa shape index (κ1) is 20.6. The number of hydrogen-bond acceptors (Lipinski definition) is 5. The predicted molar refractivity (Wildman–Crippen MR) is 110 cm³/mol. The van der Waals surface area contributed by atoms with Crippen LogP contribution in [0.2, 0.25) is 0 Å². The van der Waals surface area contributed by atoms with E-state index in [1.165, 1.54) is 0 Å². The zero-order chi connectivity index (χ0) is 20.6. The molecule has 7 nitrogen and oxygen atoms in total. The van der Waals surface area contributed by atoms with E-state index in [-0.39, 0.29) is 16.2 Å². The van der Waals surface area contributed by atoms with Crippen molar-refractivity contribution >= 4 is 15.9 Å². The Kier molecular flexibility index (Phi) is 5.61. The maximum Gasteiger partial charge on any atom is 0.246 e. The predicted octanol–water partition coefficient (Wildman–Crippen LogP) is 1.65. The third kappa shape index (κ3) is 4.44. The number of sulfonamides is 1. The van der Waals surface area contributed by atoms with Gasteiger partial charge in [-0.1, -0.05) is 12.1 Å². The number of likely N-dealkylation sites (tertiary alicyclic amines) is 1. The molecule has 4 rings (SSSR count). The molecule has 0 aromatic heterocycles. The number of likely N-dealkylation sites (N-methyl/N-ethyl adjacent to an activating group) is 1. The molecule has 1 aromatic rings. The summed E-state index contributed by atoms with van der Waals surface area (Å²) < 4.78 is 34.7. The number of amides is 1. The molecule has 29 heavy (non-hydrogen) atoms. The van der Waals surface area contributed by atoms with Crippen LogP contribution in [0.5, 0.6) is 5.75 Å². The lowest BCUT2D eigenvalue weighted by Gasteiger charge is -2.45. The average Bonchev–Trinajstić information content (AvgIpc) is 3.51. The van der Waals surface area contributed by atoms with Gasteiger partial charge >= 0.3 is 0 Å². The molecule has 2 aliphatic heterocycles. The van der Waals surface area contributed by atoms with E-state index in [1.807, 2.05) is 6.07 Å². The largest absolute Gasteiger partial charge is 0.492 e. The maximum atomic E-state index is 13.4. The first-order valence-corrected chi connectivity index (χ1v) is 11.9. The van der Waals surface area contributed by atoms with Crippen molar-refractivity contribution in [3.8, 4) is 5.75 Å². The number of piperidine rings is 1. The minimum atomic E-state index is -3.58. The van der Waals surface area contributed by atoms with Crippen LogP contribution in [0.4, 0.5) is 0 Å². The average molecular weight is 422 g/mol. The van der Waals surface area contributed by atoms with Gasteiger partial charge in [0.1, 0.15) is 10.6 Å². The standard InChI is InChI=1S/C21H31N3O4S/c1-22(2)20(25)14-23-11-9-21(10-12-23)15-24(13-17-7-8-17)29(26,27)19-6-4-3-5-18(19)28-16-21/h3-6,17H,7-16H2,1-2H3. The van der Waals surface area contributed by atoms with Gasteiger partial charge in [-0.2, -0.15) is 4.31 Å². The van der Waals surface area contributed by atoms with Gasteiger partial charge in [0.2, 0.25) is 15.9 Å². The first-order valence-electron chi connectivity index (χ1n) is 10.4. The number of hydrogen-bond donors (Lipinski definition) is 0. The SMILES string of the molecule is CN(C)C(=O)CN1CCC2(CC1)COc1ccccc1S(=O)(=O)N(CC1CC1)C2. The van der Waals surface area contributed by atoms with Gasteiger partial charge in [-0.15, -0.1) is 0 Å². The van der Waals surface area contributed by atoms with Crippen molar-refractivity contribution in [1.82, 2.24) is 14.1 Å². The fourth-order valence-corrected chi connectivity index (χ4v) is 5.99. The number of carbonyl (C=O) groups excluding carboxylic acids is 1. The monoisotopic (exact) mass is 421 g/mol. The lowest BCUT2D eigenvalue weighted by atomic mass is 9.78. The second-order valence-corrected chi connectivity index (χ2v) is 10.9. The van der Waals surface area contributed by atoms with E-state index in [4.69, 9.17) is 4.74 Å². The minimum Gasteiger partial charge on any atom is -0.492 e. The highest BCUT2D eigenvalue weighted by molar-refractivity contribution is 7.89. The molecule has 160 valence electrons. The summed E-state index contributed by atoms with van der Waals surface area (Å²) in [6.07, 6.45) is 3.87. The van der Waals surface area contributed by atoms with E-state index >= 15 is 0 Å². The van der Waals surface area contributed by atoms with Crippen molar-refractivity contribution < 1.29 is 17.9 Å². The van der Waals surface area contributed by atoms with Crippen LogP contribution >= 0.6 is 0 Å². The van der Waals surface area contributed by atoms with E-state index in [2.05, 4.69) is 4.90 Å². The van der Waals surface area contributed by atoms with Crippen molar-refractivity contribution in [2.24, 2.45) is 11.3 Å². The number of benzene rings is 1. The van der Waals surface area contributed by atoms with Gasteiger partial charge in [-0.25, -0.2) is 8.42 Å². The molecule has 0 unspecified atom stereocenters. The van der Waals surface area contributed by atoms with Crippen LogP contribution in [0.3, 0.4) is 0 Å². The molecule has 1 amide bonds. The highest BCUT2D eigenvalue weighted by Crippen LogP contribution is 2.41. The Bertz CT molecular complexity index is 858. The molecule has 1 aliphatic carbocycles. The van der Waals surface area contributed by atoms with Gasteiger partial charge in [-0.3, -0.25) is 9.69 Å². The van der Waals surface area contributed by atoms with Crippen molar-refractivity contribution in [3.63, 3.8) is 0 Å². The molecular weight excluding hydrogens is 390 g/mol. The van der Waals surface area contributed by atoms with Gasteiger partial charge in [0.25, 0.3) is 0 Å². The summed E-state index contributed by atoms with van der Waals surface area (Å²) in [5.74, 6) is 1.03. The van der Waals surface area contributed by atoms with Gasteiger partial charge in [0, 0.05) is 32.6 Å². The number of nitrogens with zero attached hydrogens (tertiary/aromatic N) is 3. The Labute approximate surface area is 173 Å². The Morgan fingerprint density at radius 1 is 1.21 bits per heavy atom. The van der Waals surface area contributed by atoms with Crippen LogP contribution in [-0.4, -0.2) is 81.9 Å². The lowest BCUT2D eigenvalue weighted by molar-refractivity contribution is -0.130. The van der Waals surface area contributed by atoms with Crippen molar-refractivity contribution in [1.29, 1.82) is 0 Å². The smallest absolute Gasteiger partial charge is 0.246 e. The zero-order valence-corrected chi connectivity index (χ0v) is 18.2. The maximum absolute atomic E-state index is 13.4. The molecule has 0 atom stereocenters. The molecule has 0 radical (unpaired) electrons. The molecule has 2 fully saturated rings. The van der Waals surface area contributed by atoms with Gasteiger partial charge in [0.15, 0.2) is 0 Å². The second-order valence-electron chi connectivity index (χ2n) is 9.04. The van der Waals surface area contributed by atoms with E-state index in [0.717, 1.165) is 38.8 Å². The number of rotatable bonds is 4. The number of fused-ring (bicyclic) bond motifs is 1. The van der Waals surface area contributed by atoms with Crippen LogP contribution in [-0.2, 0) is 14.8 Å². The Balaban J connectivity index is 1.56.